The Labute approximate surface area is 99.6 Å². The predicted octanol–water partition coefficient (Wildman–Crippen LogP) is 1.72. The van der Waals surface area contributed by atoms with Crippen LogP contribution in [-0.2, 0) is 9.59 Å². The molecule has 1 saturated carbocycles. The lowest BCUT2D eigenvalue weighted by atomic mass is 10.00. The van der Waals surface area contributed by atoms with Crippen molar-refractivity contribution in [3.63, 3.8) is 0 Å². The maximum atomic E-state index is 12.0. The van der Waals surface area contributed by atoms with Crippen LogP contribution in [0.15, 0.2) is 5.11 Å². The van der Waals surface area contributed by atoms with Crippen molar-refractivity contribution in [2.24, 2.45) is 22.9 Å². The molecular formula is C11H16N4O2. The zero-order valence-electron chi connectivity index (χ0n) is 9.87. The second-order valence-electron chi connectivity index (χ2n) is 4.74. The SMILES string of the molecule is CCC1CC2C(=O)N(CCN=[N+]=[N-])C(=O)C2C1. The molecule has 1 aliphatic carbocycles. The molecule has 2 rings (SSSR count). The summed E-state index contributed by atoms with van der Waals surface area (Å²) in [7, 11) is 0. The standard InChI is InChI=1S/C11H16N4O2/c1-2-7-5-8-9(6-7)11(17)15(10(8)16)4-3-13-14-12/h7-9H,2-6H2,1H3. The minimum atomic E-state index is -0.112. The van der Waals surface area contributed by atoms with Gasteiger partial charge in [0.05, 0.1) is 11.8 Å². The number of rotatable bonds is 4. The van der Waals surface area contributed by atoms with E-state index in [1.807, 2.05) is 0 Å². The molecule has 2 fully saturated rings. The number of likely N-dealkylation sites (tertiary alicyclic amines) is 1. The molecule has 0 radical (unpaired) electrons. The molecule has 0 aromatic rings. The second kappa shape index (κ2) is 4.75. The first kappa shape index (κ1) is 11.9. The van der Waals surface area contributed by atoms with Gasteiger partial charge in [0.15, 0.2) is 0 Å². The topological polar surface area (TPSA) is 86.1 Å². The van der Waals surface area contributed by atoms with Crippen molar-refractivity contribution in [3.8, 4) is 0 Å². The van der Waals surface area contributed by atoms with Gasteiger partial charge in [-0.05, 0) is 24.3 Å². The Hall–Kier alpha value is -1.55. The monoisotopic (exact) mass is 236 g/mol. The first-order valence-corrected chi connectivity index (χ1v) is 6.05. The van der Waals surface area contributed by atoms with Gasteiger partial charge in [0, 0.05) is 18.0 Å². The number of carbonyl (C=O) groups is 2. The average molecular weight is 236 g/mol. The van der Waals surface area contributed by atoms with Crippen molar-refractivity contribution in [2.75, 3.05) is 13.1 Å². The van der Waals surface area contributed by atoms with Crippen LogP contribution in [0.4, 0.5) is 0 Å². The second-order valence-corrected chi connectivity index (χ2v) is 4.74. The summed E-state index contributed by atoms with van der Waals surface area (Å²) in [6.07, 6.45) is 2.71. The van der Waals surface area contributed by atoms with E-state index in [1.54, 1.807) is 0 Å². The van der Waals surface area contributed by atoms with E-state index in [1.165, 1.54) is 4.90 Å². The summed E-state index contributed by atoms with van der Waals surface area (Å²) in [4.78, 5) is 27.9. The molecule has 0 bridgehead atoms. The number of nitrogens with zero attached hydrogens (tertiary/aromatic N) is 4. The summed E-state index contributed by atoms with van der Waals surface area (Å²) >= 11 is 0. The van der Waals surface area contributed by atoms with Gasteiger partial charge in [0.1, 0.15) is 0 Å². The Morgan fingerprint density at radius 3 is 2.41 bits per heavy atom. The van der Waals surface area contributed by atoms with E-state index in [2.05, 4.69) is 16.9 Å². The summed E-state index contributed by atoms with van der Waals surface area (Å²) in [5, 5.41) is 3.36. The molecule has 2 amide bonds. The summed E-state index contributed by atoms with van der Waals surface area (Å²) in [6.45, 7) is 2.50. The van der Waals surface area contributed by atoms with E-state index < -0.39 is 0 Å². The summed E-state index contributed by atoms with van der Waals surface area (Å²) < 4.78 is 0. The maximum Gasteiger partial charge on any atom is 0.233 e. The Bertz CT molecular complexity index is 365. The predicted molar refractivity (Wildman–Crippen MR) is 60.7 cm³/mol. The van der Waals surface area contributed by atoms with Crippen LogP contribution in [0.3, 0.4) is 0 Å². The average Bonchev–Trinajstić information content (AvgIpc) is 2.84. The van der Waals surface area contributed by atoms with Gasteiger partial charge in [-0.15, -0.1) is 0 Å². The van der Waals surface area contributed by atoms with Crippen LogP contribution in [0.25, 0.3) is 10.4 Å². The molecule has 2 unspecified atom stereocenters. The lowest BCUT2D eigenvalue weighted by molar-refractivity contribution is -0.140. The molecule has 0 aromatic heterocycles. The third-order valence-corrected chi connectivity index (χ3v) is 3.89. The number of amides is 2. The molecule has 1 saturated heterocycles. The van der Waals surface area contributed by atoms with Gasteiger partial charge in [0.2, 0.25) is 11.8 Å². The Kier molecular flexibility index (Phi) is 3.33. The highest BCUT2D eigenvalue weighted by Crippen LogP contribution is 2.44. The van der Waals surface area contributed by atoms with Crippen LogP contribution < -0.4 is 0 Å². The lowest BCUT2D eigenvalue weighted by Gasteiger charge is -2.16. The highest BCUT2D eigenvalue weighted by atomic mass is 16.2. The Morgan fingerprint density at radius 1 is 1.35 bits per heavy atom. The van der Waals surface area contributed by atoms with E-state index in [-0.39, 0.29) is 36.7 Å². The molecule has 6 heteroatoms. The van der Waals surface area contributed by atoms with Crippen molar-refractivity contribution >= 4 is 11.8 Å². The van der Waals surface area contributed by atoms with Crippen molar-refractivity contribution in [3.05, 3.63) is 10.4 Å². The number of carbonyl (C=O) groups excluding carboxylic acids is 2. The van der Waals surface area contributed by atoms with Gasteiger partial charge in [0.25, 0.3) is 0 Å². The molecule has 1 heterocycles. The van der Waals surface area contributed by atoms with Crippen LogP contribution in [0.2, 0.25) is 0 Å². The van der Waals surface area contributed by atoms with Crippen molar-refractivity contribution in [1.29, 1.82) is 0 Å². The van der Waals surface area contributed by atoms with Crippen molar-refractivity contribution < 1.29 is 9.59 Å². The molecule has 2 aliphatic rings. The molecule has 2 atom stereocenters. The minimum absolute atomic E-state index is 0.0657. The number of hydrogen-bond donors (Lipinski definition) is 0. The molecule has 0 aromatic carbocycles. The number of imide groups is 1. The van der Waals surface area contributed by atoms with Crippen molar-refractivity contribution in [1.82, 2.24) is 4.90 Å². The number of fused-ring (bicyclic) bond motifs is 1. The van der Waals surface area contributed by atoms with E-state index in [9.17, 15) is 9.59 Å². The van der Waals surface area contributed by atoms with Gasteiger partial charge in [-0.1, -0.05) is 18.5 Å². The maximum absolute atomic E-state index is 12.0. The van der Waals surface area contributed by atoms with E-state index in [4.69, 9.17) is 5.53 Å². The Morgan fingerprint density at radius 2 is 1.94 bits per heavy atom. The van der Waals surface area contributed by atoms with Crippen LogP contribution >= 0.6 is 0 Å². The highest BCUT2D eigenvalue weighted by molar-refractivity contribution is 6.05. The summed E-state index contributed by atoms with van der Waals surface area (Å²) in [5.74, 6) is 0.155. The lowest BCUT2D eigenvalue weighted by Crippen LogP contribution is -2.34. The first-order chi connectivity index (χ1) is 8.19. The molecule has 0 N–H and O–H groups in total. The van der Waals surface area contributed by atoms with Gasteiger partial charge in [-0.3, -0.25) is 14.5 Å². The minimum Gasteiger partial charge on any atom is -0.282 e. The van der Waals surface area contributed by atoms with Crippen LogP contribution in [0, 0.1) is 17.8 Å². The van der Waals surface area contributed by atoms with Crippen molar-refractivity contribution in [2.45, 2.75) is 26.2 Å². The summed E-state index contributed by atoms with van der Waals surface area (Å²) in [5.41, 5.74) is 8.17. The smallest absolute Gasteiger partial charge is 0.233 e. The first-order valence-electron chi connectivity index (χ1n) is 6.05. The molecule has 17 heavy (non-hydrogen) atoms. The van der Waals surface area contributed by atoms with Crippen LogP contribution in [0.5, 0.6) is 0 Å². The Balaban J connectivity index is 2.03. The fourth-order valence-corrected chi connectivity index (χ4v) is 2.94. The zero-order valence-corrected chi connectivity index (χ0v) is 9.87. The van der Waals surface area contributed by atoms with E-state index in [0.29, 0.717) is 5.92 Å². The number of hydrogen-bond acceptors (Lipinski definition) is 3. The number of azide groups is 1. The third kappa shape index (κ3) is 2.00. The van der Waals surface area contributed by atoms with Crippen LogP contribution in [0.1, 0.15) is 26.2 Å². The normalized spacial score (nSPS) is 31.6. The molecule has 6 nitrogen and oxygen atoms in total. The highest BCUT2D eigenvalue weighted by Gasteiger charge is 2.51. The van der Waals surface area contributed by atoms with E-state index >= 15 is 0 Å². The van der Waals surface area contributed by atoms with Gasteiger partial charge >= 0.3 is 0 Å². The van der Waals surface area contributed by atoms with Crippen LogP contribution in [-0.4, -0.2) is 29.8 Å². The fraction of sp³-hybridized carbons (Fsp3) is 0.818. The quantitative estimate of drug-likeness (QED) is 0.322. The zero-order chi connectivity index (χ0) is 12.4. The van der Waals surface area contributed by atoms with E-state index in [0.717, 1.165) is 19.3 Å². The van der Waals surface area contributed by atoms with Gasteiger partial charge < -0.3 is 0 Å². The largest absolute Gasteiger partial charge is 0.282 e. The van der Waals surface area contributed by atoms with Gasteiger partial charge in [-0.2, -0.15) is 0 Å². The fourth-order valence-electron chi connectivity index (χ4n) is 2.94. The molecule has 92 valence electrons. The summed E-state index contributed by atoms with van der Waals surface area (Å²) in [6, 6.07) is 0. The molecular weight excluding hydrogens is 220 g/mol. The molecule has 0 spiro atoms. The van der Waals surface area contributed by atoms with Gasteiger partial charge in [-0.25, -0.2) is 0 Å². The molecule has 1 aliphatic heterocycles. The third-order valence-electron chi connectivity index (χ3n) is 3.89.